The van der Waals surface area contributed by atoms with Crippen molar-refractivity contribution in [2.24, 2.45) is 0 Å². The van der Waals surface area contributed by atoms with Gasteiger partial charge >= 0.3 is 0 Å². The van der Waals surface area contributed by atoms with Gasteiger partial charge in [0.15, 0.2) is 0 Å². The summed E-state index contributed by atoms with van der Waals surface area (Å²) in [5.41, 5.74) is 16.3. The SMILES string of the molecule is Cc1cnc2c(ccc3c(C)c(C)c(-c4cccc(-c5ccc(-c6ccc(-c7ccccc7)cc6)cc5)c4)nc32)c1C. The molecule has 0 unspecified atom stereocenters. The maximum atomic E-state index is 5.26. The lowest BCUT2D eigenvalue weighted by Crippen LogP contribution is -1.97. The molecule has 0 aliphatic carbocycles. The third-order valence-corrected chi connectivity index (χ3v) is 8.76. The number of aromatic nitrogens is 2. The zero-order chi connectivity index (χ0) is 28.8. The molecule has 0 spiro atoms. The van der Waals surface area contributed by atoms with E-state index in [0.717, 1.165) is 22.3 Å². The normalized spacial score (nSPS) is 11.3. The molecule has 0 bridgehead atoms. The third kappa shape index (κ3) is 4.46. The summed E-state index contributed by atoms with van der Waals surface area (Å²) in [5, 5.41) is 2.34. The zero-order valence-corrected chi connectivity index (χ0v) is 24.4. The van der Waals surface area contributed by atoms with Crippen molar-refractivity contribution in [2.75, 3.05) is 0 Å². The first kappa shape index (κ1) is 25.9. The summed E-state index contributed by atoms with van der Waals surface area (Å²) < 4.78 is 0. The molecule has 7 rings (SSSR count). The van der Waals surface area contributed by atoms with Gasteiger partial charge in [-0.3, -0.25) is 4.98 Å². The van der Waals surface area contributed by atoms with Crippen molar-refractivity contribution in [3.05, 3.63) is 144 Å². The van der Waals surface area contributed by atoms with Crippen molar-refractivity contribution in [1.29, 1.82) is 0 Å². The molecule has 2 heteroatoms. The van der Waals surface area contributed by atoms with Crippen LogP contribution >= 0.6 is 0 Å². The van der Waals surface area contributed by atoms with Crippen molar-refractivity contribution >= 4 is 21.8 Å². The van der Waals surface area contributed by atoms with Gasteiger partial charge in [-0.25, -0.2) is 4.98 Å². The number of fused-ring (bicyclic) bond motifs is 3. The second kappa shape index (κ2) is 10.4. The Kier molecular flexibility index (Phi) is 6.40. The Morgan fingerprint density at radius 3 is 1.52 bits per heavy atom. The van der Waals surface area contributed by atoms with Gasteiger partial charge in [-0.05, 0) is 89.4 Å². The predicted molar refractivity (Wildman–Crippen MR) is 178 cm³/mol. The molecule has 0 fully saturated rings. The molecule has 0 amide bonds. The molecule has 5 aromatic carbocycles. The van der Waals surface area contributed by atoms with Crippen LogP contribution in [0.3, 0.4) is 0 Å². The first-order valence-electron chi connectivity index (χ1n) is 14.5. The highest BCUT2D eigenvalue weighted by Gasteiger charge is 2.15. The summed E-state index contributed by atoms with van der Waals surface area (Å²) in [6, 6.07) is 41.3. The van der Waals surface area contributed by atoms with Gasteiger partial charge in [0, 0.05) is 22.5 Å². The number of hydrogen-bond donors (Lipinski definition) is 0. The molecule has 2 heterocycles. The van der Waals surface area contributed by atoms with Crippen LogP contribution in [0.15, 0.2) is 121 Å². The lowest BCUT2D eigenvalue weighted by atomic mass is 9.94. The van der Waals surface area contributed by atoms with E-state index in [1.54, 1.807) is 0 Å². The van der Waals surface area contributed by atoms with Crippen LogP contribution in [0.25, 0.3) is 66.4 Å². The molecule has 0 aliphatic rings. The topological polar surface area (TPSA) is 25.8 Å². The summed E-state index contributed by atoms with van der Waals surface area (Å²) in [4.78, 5) is 10.1. The van der Waals surface area contributed by atoms with Gasteiger partial charge in [0.25, 0.3) is 0 Å². The molecule has 0 aliphatic heterocycles. The number of pyridine rings is 2. The van der Waals surface area contributed by atoms with E-state index >= 15 is 0 Å². The molecular weight excluding hydrogens is 508 g/mol. The first-order chi connectivity index (χ1) is 20.5. The van der Waals surface area contributed by atoms with Crippen LogP contribution in [-0.4, -0.2) is 9.97 Å². The lowest BCUT2D eigenvalue weighted by molar-refractivity contribution is 1.25. The molecule has 0 N–H and O–H groups in total. The van der Waals surface area contributed by atoms with Crippen LogP contribution in [0, 0.1) is 27.7 Å². The number of hydrogen-bond acceptors (Lipinski definition) is 2. The quantitative estimate of drug-likeness (QED) is 0.208. The minimum atomic E-state index is 0.974. The standard InChI is InChI=1S/C40H32N2/c1-25-24-41-39-36(26(25)2)21-22-37-27(3)28(4)38(42-40(37)39)35-12-8-11-34(23-35)33-19-17-32(18-20-33)31-15-13-30(14-16-31)29-9-6-5-7-10-29/h5-24H,1-4H3. The van der Waals surface area contributed by atoms with Crippen molar-refractivity contribution in [1.82, 2.24) is 9.97 Å². The second-order valence-corrected chi connectivity index (χ2v) is 11.2. The number of nitrogens with zero attached hydrogens (tertiary/aromatic N) is 2. The van der Waals surface area contributed by atoms with Gasteiger partial charge in [0.2, 0.25) is 0 Å². The van der Waals surface area contributed by atoms with E-state index in [4.69, 9.17) is 9.97 Å². The van der Waals surface area contributed by atoms with E-state index in [-0.39, 0.29) is 0 Å². The Hall–Kier alpha value is -5.08. The zero-order valence-electron chi connectivity index (χ0n) is 24.4. The molecule has 0 saturated heterocycles. The van der Waals surface area contributed by atoms with E-state index in [1.807, 2.05) is 6.20 Å². The maximum absolute atomic E-state index is 5.26. The van der Waals surface area contributed by atoms with Crippen LogP contribution in [0.2, 0.25) is 0 Å². The fourth-order valence-electron chi connectivity index (χ4n) is 5.94. The summed E-state index contributed by atoms with van der Waals surface area (Å²) in [7, 11) is 0. The average molecular weight is 541 g/mol. The summed E-state index contributed by atoms with van der Waals surface area (Å²) in [6.07, 6.45) is 1.97. The van der Waals surface area contributed by atoms with Gasteiger partial charge in [0.05, 0.1) is 16.7 Å². The molecule has 7 aromatic rings. The third-order valence-electron chi connectivity index (χ3n) is 8.76. The van der Waals surface area contributed by atoms with E-state index < -0.39 is 0 Å². The van der Waals surface area contributed by atoms with Gasteiger partial charge in [-0.2, -0.15) is 0 Å². The molecule has 0 atom stereocenters. The van der Waals surface area contributed by atoms with Crippen LogP contribution < -0.4 is 0 Å². The summed E-state index contributed by atoms with van der Waals surface area (Å²) in [6.45, 7) is 8.66. The Bertz CT molecular complexity index is 2090. The van der Waals surface area contributed by atoms with E-state index in [9.17, 15) is 0 Å². The van der Waals surface area contributed by atoms with E-state index in [2.05, 4.69) is 143 Å². The van der Waals surface area contributed by atoms with Gasteiger partial charge < -0.3 is 0 Å². The predicted octanol–water partition coefficient (Wildman–Crippen LogP) is 10.7. The van der Waals surface area contributed by atoms with Gasteiger partial charge in [0.1, 0.15) is 0 Å². The molecular formula is C40H32N2. The first-order valence-corrected chi connectivity index (χ1v) is 14.5. The maximum Gasteiger partial charge on any atom is 0.0975 e. The average Bonchev–Trinajstić information content (AvgIpc) is 3.05. The molecule has 2 nitrogen and oxygen atoms in total. The van der Waals surface area contributed by atoms with Crippen LogP contribution in [0.4, 0.5) is 0 Å². The molecule has 42 heavy (non-hydrogen) atoms. The van der Waals surface area contributed by atoms with Gasteiger partial charge in [-0.1, -0.05) is 109 Å². The fourth-order valence-corrected chi connectivity index (χ4v) is 5.94. The van der Waals surface area contributed by atoms with Crippen LogP contribution in [0.5, 0.6) is 0 Å². The number of rotatable bonds is 4. The highest BCUT2D eigenvalue weighted by molar-refractivity contribution is 6.06. The summed E-state index contributed by atoms with van der Waals surface area (Å²) >= 11 is 0. The molecule has 0 radical (unpaired) electrons. The van der Waals surface area contributed by atoms with Crippen LogP contribution in [0.1, 0.15) is 22.3 Å². The highest BCUT2D eigenvalue weighted by atomic mass is 14.8. The molecule has 2 aromatic heterocycles. The van der Waals surface area contributed by atoms with E-state index in [1.165, 1.54) is 66.4 Å². The van der Waals surface area contributed by atoms with Gasteiger partial charge in [-0.15, -0.1) is 0 Å². The van der Waals surface area contributed by atoms with Crippen molar-refractivity contribution in [3.8, 4) is 44.6 Å². The Balaban J connectivity index is 1.24. The Morgan fingerprint density at radius 1 is 0.405 bits per heavy atom. The van der Waals surface area contributed by atoms with Crippen LogP contribution in [-0.2, 0) is 0 Å². The highest BCUT2D eigenvalue weighted by Crippen LogP contribution is 2.35. The minimum Gasteiger partial charge on any atom is -0.254 e. The lowest BCUT2D eigenvalue weighted by Gasteiger charge is -2.15. The molecule has 202 valence electrons. The smallest absolute Gasteiger partial charge is 0.0975 e. The molecule has 0 saturated carbocycles. The fraction of sp³-hybridized carbons (Fsp3) is 0.100. The second-order valence-electron chi connectivity index (χ2n) is 11.2. The Morgan fingerprint density at radius 2 is 0.905 bits per heavy atom. The number of benzene rings is 5. The summed E-state index contributed by atoms with van der Waals surface area (Å²) in [5.74, 6) is 0. The minimum absolute atomic E-state index is 0.974. The largest absolute Gasteiger partial charge is 0.254 e. The van der Waals surface area contributed by atoms with Crippen molar-refractivity contribution in [2.45, 2.75) is 27.7 Å². The van der Waals surface area contributed by atoms with Crippen molar-refractivity contribution in [3.63, 3.8) is 0 Å². The monoisotopic (exact) mass is 540 g/mol. The van der Waals surface area contributed by atoms with Crippen molar-refractivity contribution < 1.29 is 0 Å². The van der Waals surface area contributed by atoms with E-state index in [0.29, 0.717) is 0 Å². The number of aryl methyl sites for hydroxylation is 3. The Labute approximate surface area is 247 Å².